The molecule has 2 atom stereocenters. The van der Waals surface area contributed by atoms with Crippen LogP contribution in [-0.4, -0.2) is 32.0 Å². The SMILES string of the molecule is COc1ccccc1N1C(=O)C[C@H]([NH+](C)Cc2ccccc2)C1=O. The Bertz CT molecular complexity index is 745. The Balaban J connectivity index is 1.81. The third-order valence-corrected chi connectivity index (χ3v) is 4.39. The molecular weight excluding hydrogens is 304 g/mol. The number of carbonyl (C=O) groups excluding carboxylic acids is 2. The van der Waals surface area contributed by atoms with Gasteiger partial charge in [-0.25, -0.2) is 4.90 Å². The quantitative estimate of drug-likeness (QED) is 0.836. The van der Waals surface area contributed by atoms with Crippen molar-refractivity contribution in [2.24, 2.45) is 0 Å². The summed E-state index contributed by atoms with van der Waals surface area (Å²) in [6.07, 6.45) is 0.218. The highest BCUT2D eigenvalue weighted by molar-refractivity contribution is 6.22. The van der Waals surface area contributed by atoms with Crippen molar-refractivity contribution in [1.82, 2.24) is 0 Å². The van der Waals surface area contributed by atoms with Crippen LogP contribution in [0.3, 0.4) is 0 Å². The number of methoxy groups -OCH3 is 1. The minimum absolute atomic E-state index is 0.169. The number of carbonyl (C=O) groups is 2. The molecule has 0 aromatic heterocycles. The molecule has 1 fully saturated rings. The zero-order chi connectivity index (χ0) is 17.1. The number of para-hydroxylation sites is 2. The van der Waals surface area contributed by atoms with Crippen LogP contribution in [0, 0.1) is 0 Å². The van der Waals surface area contributed by atoms with Crippen LogP contribution >= 0.6 is 0 Å². The van der Waals surface area contributed by atoms with Gasteiger partial charge in [-0.3, -0.25) is 9.59 Å². The van der Waals surface area contributed by atoms with E-state index in [1.165, 1.54) is 12.0 Å². The molecular formula is C19H21N2O3+. The standard InChI is InChI=1S/C19H20N2O3/c1-20(13-14-8-4-3-5-9-14)16-12-18(22)21(19(16)23)15-10-6-7-11-17(15)24-2/h3-11,16H,12-13H2,1-2H3/p+1/t16-/m0/s1. The van der Waals surface area contributed by atoms with E-state index in [4.69, 9.17) is 4.74 Å². The van der Waals surface area contributed by atoms with Crippen molar-refractivity contribution in [1.29, 1.82) is 0 Å². The second-order valence-electron chi connectivity index (χ2n) is 6.00. The van der Waals surface area contributed by atoms with Gasteiger partial charge in [0, 0.05) is 5.56 Å². The Morgan fingerprint density at radius 3 is 2.46 bits per heavy atom. The summed E-state index contributed by atoms with van der Waals surface area (Å²) in [5.41, 5.74) is 1.66. The first-order valence-electron chi connectivity index (χ1n) is 7.98. The molecule has 2 aromatic rings. The van der Waals surface area contributed by atoms with E-state index in [0.717, 1.165) is 10.5 Å². The largest absolute Gasteiger partial charge is 0.495 e. The summed E-state index contributed by atoms with van der Waals surface area (Å²) < 4.78 is 5.29. The highest BCUT2D eigenvalue weighted by atomic mass is 16.5. The Kier molecular flexibility index (Phi) is 4.62. The van der Waals surface area contributed by atoms with Crippen LogP contribution in [0.2, 0.25) is 0 Å². The van der Waals surface area contributed by atoms with E-state index in [1.54, 1.807) is 18.2 Å². The van der Waals surface area contributed by atoms with Crippen LogP contribution in [0.4, 0.5) is 5.69 Å². The number of hydrogen-bond acceptors (Lipinski definition) is 3. The second-order valence-corrected chi connectivity index (χ2v) is 6.00. The van der Waals surface area contributed by atoms with Crippen molar-refractivity contribution in [3.8, 4) is 5.75 Å². The molecule has 5 nitrogen and oxygen atoms in total. The van der Waals surface area contributed by atoms with Gasteiger partial charge in [0.15, 0.2) is 6.04 Å². The molecule has 1 unspecified atom stereocenters. The van der Waals surface area contributed by atoms with Gasteiger partial charge in [0.05, 0.1) is 26.3 Å². The summed E-state index contributed by atoms with van der Waals surface area (Å²) in [6.45, 7) is 0.699. The molecule has 1 aliphatic heterocycles. The topological polar surface area (TPSA) is 51.0 Å². The number of quaternary nitrogens is 1. The predicted octanol–water partition coefficient (Wildman–Crippen LogP) is 1.04. The van der Waals surface area contributed by atoms with Gasteiger partial charge in [0.25, 0.3) is 5.91 Å². The van der Waals surface area contributed by atoms with Crippen molar-refractivity contribution >= 4 is 17.5 Å². The third-order valence-electron chi connectivity index (χ3n) is 4.39. The van der Waals surface area contributed by atoms with Gasteiger partial charge in [0.2, 0.25) is 5.91 Å². The van der Waals surface area contributed by atoms with Gasteiger partial charge in [0.1, 0.15) is 12.3 Å². The molecule has 124 valence electrons. The molecule has 0 radical (unpaired) electrons. The Morgan fingerprint density at radius 2 is 1.75 bits per heavy atom. The van der Waals surface area contributed by atoms with Crippen molar-refractivity contribution in [3.63, 3.8) is 0 Å². The minimum atomic E-state index is -0.373. The van der Waals surface area contributed by atoms with Gasteiger partial charge >= 0.3 is 0 Å². The van der Waals surface area contributed by atoms with E-state index >= 15 is 0 Å². The third kappa shape index (κ3) is 3.03. The molecule has 2 aromatic carbocycles. The van der Waals surface area contributed by atoms with E-state index in [0.29, 0.717) is 18.0 Å². The summed E-state index contributed by atoms with van der Waals surface area (Å²) >= 11 is 0. The van der Waals surface area contributed by atoms with Crippen LogP contribution in [0.1, 0.15) is 12.0 Å². The lowest BCUT2D eigenvalue weighted by atomic mass is 10.1. The average Bonchev–Trinajstić information content (AvgIpc) is 2.90. The number of rotatable bonds is 5. The summed E-state index contributed by atoms with van der Waals surface area (Å²) in [4.78, 5) is 27.6. The molecule has 0 aliphatic carbocycles. The highest BCUT2D eigenvalue weighted by Crippen LogP contribution is 2.31. The fraction of sp³-hybridized carbons (Fsp3) is 0.263. The maximum Gasteiger partial charge on any atom is 0.292 e. The Morgan fingerprint density at radius 1 is 1.08 bits per heavy atom. The molecule has 5 heteroatoms. The van der Waals surface area contributed by atoms with E-state index < -0.39 is 0 Å². The Labute approximate surface area is 141 Å². The smallest absolute Gasteiger partial charge is 0.292 e. The van der Waals surface area contributed by atoms with Crippen molar-refractivity contribution in [2.45, 2.75) is 19.0 Å². The van der Waals surface area contributed by atoms with Gasteiger partial charge in [-0.05, 0) is 12.1 Å². The molecule has 2 amide bonds. The zero-order valence-electron chi connectivity index (χ0n) is 13.9. The van der Waals surface area contributed by atoms with Crippen molar-refractivity contribution in [3.05, 3.63) is 60.2 Å². The van der Waals surface area contributed by atoms with Crippen molar-refractivity contribution < 1.29 is 19.2 Å². The number of amides is 2. The number of anilines is 1. The van der Waals surface area contributed by atoms with E-state index in [1.807, 2.05) is 43.4 Å². The maximum atomic E-state index is 12.8. The molecule has 1 heterocycles. The van der Waals surface area contributed by atoms with Crippen LogP contribution in [0.15, 0.2) is 54.6 Å². The number of likely N-dealkylation sites (N-methyl/N-ethyl adjacent to an activating group) is 1. The average molecular weight is 325 g/mol. The molecule has 1 saturated heterocycles. The summed E-state index contributed by atoms with van der Waals surface area (Å²) in [7, 11) is 3.49. The second kappa shape index (κ2) is 6.84. The first-order valence-corrected chi connectivity index (χ1v) is 7.98. The van der Waals surface area contributed by atoms with Gasteiger partial charge in [-0.1, -0.05) is 42.5 Å². The fourth-order valence-corrected chi connectivity index (χ4v) is 3.13. The van der Waals surface area contributed by atoms with E-state index in [-0.39, 0.29) is 24.3 Å². The molecule has 0 spiro atoms. The monoisotopic (exact) mass is 325 g/mol. The lowest BCUT2D eigenvalue weighted by Crippen LogP contribution is -3.12. The number of nitrogens with one attached hydrogen (secondary N) is 1. The first kappa shape index (κ1) is 16.2. The highest BCUT2D eigenvalue weighted by Gasteiger charge is 2.45. The van der Waals surface area contributed by atoms with Crippen LogP contribution in [-0.2, 0) is 16.1 Å². The van der Waals surface area contributed by atoms with E-state index in [2.05, 4.69) is 0 Å². The number of benzene rings is 2. The van der Waals surface area contributed by atoms with E-state index in [9.17, 15) is 9.59 Å². The Hall–Kier alpha value is -2.66. The summed E-state index contributed by atoms with van der Waals surface area (Å²) in [6, 6.07) is 16.7. The van der Waals surface area contributed by atoms with Crippen LogP contribution in [0.25, 0.3) is 0 Å². The lowest BCUT2D eigenvalue weighted by molar-refractivity contribution is -0.908. The number of hydrogen-bond donors (Lipinski definition) is 1. The van der Waals surface area contributed by atoms with Gasteiger partial charge in [-0.15, -0.1) is 0 Å². The first-order chi connectivity index (χ1) is 11.6. The summed E-state index contributed by atoms with van der Waals surface area (Å²) in [5, 5.41) is 0. The van der Waals surface area contributed by atoms with Gasteiger partial charge < -0.3 is 9.64 Å². The zero-order valence-corrected chi connectivity index (χ0v) is 13.9. The lowest BCUT2D eigenvalue weighted by Gasteiger charge is -2.21. The van der Waals surface area contributed by atoms with Crippen LogP contribution < -0.4 is 14.5 Å². The summed E-state index contributed by atoms with van der Waals surface area (Å²) in [5.74, 6) is 0.181. The molecule has 3 rings (SSSR count). The molecule has 1 aliphatic rings. The molecule has 0 saturated carbocycles. The molecule has 1 N–H and O–H groups in total. The normalized spacial score (nSPS) is 18.8. The molecule has 24 heavy (non-hydrogen) atoms. The minimum Gasteiger partial charge on any atom is -0.495 e. The maximum absolute atomic E-state index is 12.8. The number of ether oxygens (including phenoxy) is 1. The van der Waals surface area contributed by atoms with Crippen molar-refractivity contribution in [2.75, 3.05) is 19.1 Å². The van der Waals surface area contributed by atoms with Crippen LogP contribution in [0.5, 0.6) is 5.75 Å². The van der Waals surface area contributed by atoms with Gasteiger partial charge in [-0.2, -0.15) is 0 Å². The number of nitrogens with zero attached hydrogens (tertiary/aromatic N) is 1. The fourth-order valence-electron chi connectivity index (χ4n) is 3.13. The predicted molar refractivity (Wildman–Crippen MR) is 90.9 cm³/mol. The number of imide groups is 1. The molecule has 0 bridgehead atoms.